The maximum absolute atomic E-state index is 11.6. The van der Waals surface area contributed by atoms with Crippen molar-refractivity contribution in [1.82, 2.24) is 5.32 Å². The number of rotatable bonds is 5. The minimum absolute atomic E-state index is 0.0816. The lowest BCUT2D eigenvalue weighted by Crippen LogP contribution is -2.36. The molecule has 0 atom stereocenters. The number of nitrogens with zero attached hydrogens (tertiary/aromatic N) is 1. The molecule has 0 aliphatic rings. The fourth-order valence-electron chi connectivity index (χ4n) is 1.39. The van der Waals surface area contributed by atoms with Crippen LogP contribution in [0.5, 0.6) is 0 Å². The van der Waals surface area contributed by atoms with Crippen LogP contribution in [-0.4, -0.2) is 29.8 Å². The fraction of sp³-hybridized carbons (Fsp3) is 0.273. The molecule has 108 valence electrons. The molecule has 0 radical (unpaired) electrons. The molecular formula is C11H13ClN4O4. The molecule has 8 nitrogen and oxygen atoms in total. The van der Waals surface area contributed by atoms with Crippen molar-refractivity contribution >= 4 is 34.8 Å². The summed E-state index contributed by atoms with van der Waals surface area (Å²) < 4.78 is 0. The van der Waals surface area contributed by atoms with E-state index in [4.69, 9.17) is 17.3 Å². The molecule has 0 heterocycles. The lowest BCUT2D eigenvalue weighted by molar-refractivity contribution is -0.384. The van der Waals surface area contributed by atoms with Crippen LogP contribution in [0.25, 0.3) is 0 Å². The van der Waals surface area contributed by atoms with Gasteiger partial charge in [0.25, 0.3) is 5.69 Å². The van der Waals surface area contributed by atoms with E-state index in [1.165, 1.54) is 12.1 Å². The summed E-state index contributed by atoms with van der Waals surface area (Å²) >= 11 is 5.75. The minimum atomic E-state index is -0.609. The Morgan fingerprint density at radius 3 is 2.60 bits per heavy atom. The zero-order valence-corrected chi connectivity index (χ0v) is 11.4. The van der Waals surface area contributed by atoms with E-state index < -0.39 is 16.7 Å². The fourth-order valence-corrected chi connectivity index (χ4v) is 1.62. The van der Waals surface area contributed by atoms with Gasteiger partial charge in [-0.1, -0.05) is 11.6 Å². The minimum Gasteiger partial charge on any atom is -0.346 e. The molecule has 1 aromatic rings. The number of anilines is 1. The number of nitro benzene ring substituents is 1. The number of nitro groups is 1. The Labute approximate surface area is 119 Å². The Balaban J connectivity index is 2.78. The number of hydrogen-bond donors (Lipinski definition) is 3. The molecular weight excluding hydrogens is 288 g/mol. The van der Waals surface area contributed by atoms with Gasteiger partial charge in [0.1, 0.15) is 5.02 Å². The predicted molar refractivity (Wildman–Crippen MR) is 73.5 cm³/mol. The van der Waals surface area contributed by atoms with Crippen LogP contribution in [0.15, 0.2) is 12.1 Å². The summed E-state index contributed by atoms with van der Waals surface area (Å²) in [5, 5.41) is 15.4. The zero-order chi connectivity index (χ0) is 15.3. The van der Waals surface area contributed by atoms with Gasteiger partial charge in [-0.3, -0.25) is 19.7 Å². The van der Waals surface area contributed by atoms with Crippen molar-refractivity contribution in [3.63, 3.8) is 0 Å². The van der Waals surface area contributed by atoms with E-state index in [0.29, 0.717) is 11.3 Å². The summed E-state index contributed by atoms with van der Waals surface area (Å²) in [6.07, 6.45) is 0. The SMILES string of the molecule is Cc1cc([N+](=O)[O-])c(Cl)cc1NC(=O)CNC(=O)CN. The number of nitrogens with two attached hydrogens (primary N) is 1. The third kappa shape index (κ3) is 4.18. The highest BCUT2D eigenvalue weighted by Crippen LogP contribution is 2.30. The van der Waals surface area contributed by atoms with Crippen LogP contribution in [0.1, 0.15) is 5.56 Å². The van der Waals surface area contributed by atoms with Gasteiger partial charge in [0.2, 0.25) is 11.8 Å². The van der Waals surface area contributed by atoms with Crippen LogP contribution in [0, 0.1) is 17.0 Å². The summed E-state index contributed by atoms with van der Waals surface area (Å²) in [4.78, 5) is 32.6. The van der Waals surface area contributed by atoms with E-state index in [1.54, 1.807) is 6.92 Å². The number of nitrogens with one attached hydrogen (secondary N) is 2. The lowest BCUT2D eigenvalue weighted by atomic mass is 10.1. The van der Waals surface area contributed by atoms with E-state index in [-0.39, 0.29) is 23.8 Å². The van der Waals surface area contributed by atoms with Gasteiger partial charge in [-0.25, -0.2) is 0 Å². The van der Waals surface area contributed by atoms with Gasteiger partial charge in [0, 0.05) is 11.8 Å². The third-order valence-corrected chi connectivity index (χ3v) is 2.70. The van der Waals surface area contributed by atoms with Crippen molar-refractivity contribution in [2.45, 2.75) is 6.92 Å². The standard InChI is InChI=1S/C11H13ClN4O4/c1-6-2-9(16(19)20)7(12)3-8(6)15-11(18)5-14-10(17)4-13/h2-3H,4-5,13H2,1H3,(H,14,17)(H,15,18). The first-order chi connectivity index (χ1) is 9.35. The van der Waals surface area contributed by atoms with Gasteiger partial charge in [-0.2, -0.15) is 0 Å². The van der Waals surface area contributed by atoms with E-state index in [9.17, 15) is 19.7 Å². The number of aryl methyl sites for hydroxylation is 1. The largest absolute Gasteiger partial charge is 0.346 e. The summed E-state index contributed by atoms with van der Waals surface area (Å²) in [6.45, 7) is 1.14. The monoisotopic (exact) mass is 300 g/mol. The van der Waals surface area contributed by atoms with E-state index >= 15 is 0 Å². The molecule has 1 aromatic carbocycles. The normalized spacial score (nSPS) is 9.95. The summed E-state index contributed by atoms with van der Waals surface area (Å²) in [5.41, 5.74) is 5.66. The van der Waals surface area contributed by atoms with Gasteiger partial charge in [-0.05, 0) is 18.6 Å². The van der Waals surface area contributed by atoms with Gasteiger partial charge in [0.15, 0.2) is 0 Å². The average Bonchev–Trinajstić information content (AvgIpc) is 2.39. The highest BCUT2D eigenvalue weighted by molar-refractivity contribution is 6.33. The van der Waals surface area contributed by atoms with Crippen LogP contribution in [0.2, 0.25) is 5.02 Å². The Morgan fingerprint density at radius 1 is 1.40 bits per heavy atom. The molecule has 9 heteroatoms. The van der Waals surface area contributed by atoms with Gasteiger partial charge < -0.3 is 16.4 Å². The number of carbonyl (C=O) groups excluding carboxylic acids is 2. The van der Waals surface area contributed by atoms with E-state index in [0.717, 1.165) is 0 Å². The molecule has 1 rings (SSSR count). The van der Waals surface area contributed by atoms with Crippen LogP contribution in [0.4, 0.5) is 11.4 Å². The molecule has 0 aliphatic carbocycles. The third-order valence-electron chi connectivity index (χ3n) is 2.40. The van der Waals surface area contributed by atoms with E-state index in [1.807, 2.05) is 0 Å². The van der Waals surface area contributed by atoms with Crippen molar-refractivity contribution in [2.24, 2.45) is 5.73 Å². The number of benzene rings is 1. The maximum atomic E-state index is 11.6. The highest BCUT2D eigenvalue weighted by atomic mass is 35.5. The quantitative estimate of drug-likeness (QED) is 0.541. The summed E-state index contributed by atoms with van der Waals surface area (Å²) in [5.74, 6) is -0.946. The van der Waals surface area contributed by atoms with Crippen LogP contribution in [-0.2, 0) is 9.59 Å². The first kappa shape index (κ1) is 15.9. The summed E-state index contributed by atoms with van der Waals surface area (Å²) in [7, 11) is 0. The van der Waals surface area contributed by atoms with Crippen molar-refractivity contribution in [1.29, 1.82) is 0 Å². The Morgan fingerprint density at radius 2 is 2.05 bits per heavy atom. The molecule has 0 unspecified atom stereocenters. The first-order valence-electron chi connectivity index (χ1n) is 5.56. The van der Waals surface area contributed by atoms with Crippen LogP contribution >= 0.6 is 11.6 Å². The number of halogens is 1. The first-order valence-corrected chi connectivity index (χ1v) is 5.94. The molecule has 0 bridgehead atoms. The Kier molecular flexibility index (Phi) is 5.42. The topological polar surface area (TPSA) is 127 Å². The smallest absolute Gasteiger partial charge is 0.288 e. The highest BCUT2D eigenvalue weighted by Gasteiger charge is 2.16. The number of hydrogen-bond acceptors (Lipinski definition) is 5. The molecule has 2 amide bonds. The second-order valence-electron chi connectivity index (χ2n) is 3.90. The molecule has 0 saturated heterocycles. The van der Waals surface area contributed by atoms with Crippen LogP contribution < -0.4 is 16.4 Å². The Bertz CT molecular complexity index is 562. The number of carbonyl (C=O) groups is 2. The molecule has 0 saturated carbocycles. The second-order valence-corrected chi connectivity index (χ2v) is 4.31. The molecule has 20 heavy (non-hydrogen) atoms. The van der Waals surface area contributed by atoms with E-state index in [2.05, 4.69) is 10.6 Å². The molecule has 0 aliphatic heterocycles. The average molecular weight is 301 g/mol. The second kappa shape index (κ2) is 6.83. The molecule has 0 aromatic heterocycles. The van der Waals surface area contributed by atoms with Crippen molar-refractivity contribution in [2.75, 3.05) is 18.4 Å². The van der Waals surface area contributed by atoms with Crippen LogP contribution in [0.3, 0.4) is 0 Å². The maximum Gasteiger partial charge on any atom is 0.288 e. The molecule has 0 spiro atoms. The molecule has 4 N–H and O–H groups in total. The zero-order valence-electron chi connectivity index (χ0n) is 10.6. The van der Waals surface area contributed by atoms with Gasteiger partial charge in [-0.15, -0.1) is 0 Å². The number of amides is 2. The van der Waals surface area contributed by atoms with Crippen molar-refractivity contribution in [3.8, 4) is 0 Å². The lowest BCUT2D eigenvalue weighted by Gasteiger charge is -2.09. The van der Waals surface area contributed by atoms with Gasteiger partial charge >= 0.3 is 0 Å². The van der Waals surface area contributed by atoms with Crippen molar-refractivity contribution < 1.29 is 14.5 Å². The predicted octanol–water partition coefficient (Wildman–Crippen LogP) is 0.570. The Hall–Kier alpha value is -2.19. The van der Waals surface area contributed by atoms with Gasteiger partial charge in [0.05, 0.1) is 18.0 Å². The summed E-state index contributed by atoms with van der Waals surface area (Å²) in [6, 6.07) is 2.55. The van der Waals surface area contributed by atoms with Crippen molar-refractivity contribution in [3.05, 3.63) is 32.8 Å². The molecule has 0 fully saturated rings.